The molecule has 2 heterocycles. The van der Waals surface area contributed by atoms with Gasteiger partial charge in [-0.3, -0.25) is 4.98 Å². The minimum atomic E-state index is 0.934. The molecule has 128 valence electrons. The molecule has 0 N–H and O–H groups in total. The van der Waals surface area contributed by atoms with Crippen LogP contribution in [0.5, 0.6) is 0 Å². The smallest absolute Gasteiger partial charge is 0.148 e. The summed E-state index contributed by atoms with van der Waals surface area (Å²) < 4.78 is 0. The Balaban J connectivity index is 1.60. The third-order valence-electron chi connectivity index (χ3n) is 4.28. The quantitative estimate of drug-likeness (QED) is 0.748. The Kier molecular flexibility index (Phi) is 6.49. The molecule has 1 aromatic carbocycles. The first kappa shape index (κ1) is 17.2. The van der Waals surface area contributed by atoms with E-state index in [2.05, 4.69) is 52.0 Å². The average Bonchev–Trinajstić information content (AvgIpc) is 2.87. The highest BCUT2D eigenvalue weighted by Crippen LogP contribution is 2.22. The van der Waals surface area contributed by atoms with Crippen LogP contribution in [0.2, 0.25) is 0 Å². The predicted molar refractivity (Wildman–Crippen MR) is 102 cm³/mol. The molecule has 2 aromatic rings. The molecule has 1 aromatic heterocycles. The van der Waals surface area contributed by atoms with Crippen LogP contribution < -0.4 is 4.90 Å². The topological polar surface area (TPSA) is 32.3 Å². The van der Waals surface area contributed by atoms with E-state index >= 15 is 0 Å². The van der Waals surface area contributed by atoms with Crippen LogP contribution in [0, 0.1) is 0 Å². The number of rotatable bonds is 6. The first-order valence-corrected chi connectivity index (χ1v) is 9.80. The van der Waals surface area contributed by atoms with Gasteiger partial charge in [0.25, 0.3) is 0 Å². The first-order chi connectivity index (χ1) is 11.8. The SMILES string of the molecule is CCCN1CCCN(c2cncc(SCc3ccccc3)n2)CC1. The summed E-state index contributed by atoms with van der Waals surface area (Å²) in [5.41, 5.74) is 1.32. The molecule has 0 amide bonds. The van der Waals surface area contributed by atoms with Crippen molar-refractivity contribution in [3.05, 3.63) is 48.3 Å². The molecular formula is C19H26N4S. The molecule has 1 aliphatic rings. The summed E-state index contributed by atoms with van der Waals surface area (Å²) in [5, 5.41) is 1.01. The Labute approximate surface area is 149 Å². The van der Waals surface area contributed by atoms with Crippen molar-refractivity contribution in [1.82, 2.24) is 14.9 Å². The maximum absolute atomic E-state index is 4.83. The summed E-state index contributed by atoms with van der Waals surface area (Å²) in [7, 11) is 0. The third kappa shape index (κ3) is 4.95. The summed E-state index contributed by atoms with van der Waals surface area (Å²) in [6, 6.07) is 10.5. The highest BCUT2D eigenvalue weighted by molar-refractivity contribution is 7.98. The molecule has 0 unspecified atom stereocenters. The van der Waals surface area contributed by atoms with Crippen molar-refractivity contribution >= 4 is 17.6 Å². The molecule has 24 heavy (non-hydrogen) atoms. The van der Waals surface area contributed by atoms with Gasteiger partial charge in [0.05, 0.1) is 12.4 Å². The van der Waals surface area contributed by atoms with E-state index in [4.69, 9.17) is 4.98 Å². The number of thioether (sulfide) groups is 1. The zero-order valence-corrected chi connectivity index (χ0v) is 15.2. The van der Waals surface area contributed by atoms with Gasteiger partial charge in [0.15, 0.2) is 0 Å². The number of anilines is 1. The summed E-state index contributed by atoms with van der Waals surface area (Å²) in [6.07, 6.45) is 6.20. The number of nitrogens with zero attached hydrogens (tertiary/aromatic N) is 4. The molecule has 0 saturated carbocycles. The van der Waals surface area contributed by atoms with Gasteiger partial charge in [0.1, 0.15) is 10.8 Å². The molecule has 0 atom stereocenters. The second kappa shape index (κ2) is 9.04. The van der Waals surface area contributed by atoms with Gasteiger partial charge < -0.3 is 9.80 Å². The molecular weight excluding hydrogens is 316 g/mol. The van der Waals surface area contributed by atoms with E-state index in [0.29, 0.717) is 0 Å². The van der Waals surface area contributed by atoms with E-state index in [1.165, 1.54) is 31.5 Å². The fourth-order valence-corrected chi connectivity index (χ4v) is 3.83. The summed E-state index contributed by atoms with van der Waals surface area (Å²) in [5.74, 6) is 1.95. The Hall–Kier alpha value is -1.59. The summed E-state index contributed by atoms with van der Waals surface area (Å²) >= 11 is 1.75. The lowest BCUT2D eigenvalue weighted by Gasteiger charge is -2.22. The van der Waals surface area contributed by atoms with Gasteiger partial charge in [0, 0.05) is 25.4 Å². The molecule has 1 aliphatic heterocycles. The molecule has 5 heteroatoms. The Morgan fingerprint density at radius 2 is 1.92 bits per heavy atom. The second-order valence-electron chi connectivity index (χ2n) is 6.17. The minimum Gasteiger partial charge on any atom is -0.354 e. The maximum atomic E-state index is 4.83. The molecule has 4 nitrogen and oxygen atoms in total. The van der Waals surface area contributed by atoms with Gasteiger partial charge in [-0.2, -0.15) is 0 Å². The van der Waals surface area contributed by atoms with Crippen molar-refractivity contribution in [2.75, 3.05) is 37.6 Å². The van der Waals surface area contributed by atoms with Crippen molar-refractivity contribution in [3.63, 3.8) is 0 Å². The van der Waals surface area contributed by atoms with Gasteiger partial charge in [-0.15, -0.1) is 11.8 Å². The van der Waals surface area contributed by atoms with Crippen LogP contribution in [0.4, 0.5) is 5.82 Å². The average molecular weight is 343 g/mol. The Bertz CT molecular complexity index is 620. The number of aromatic nitrogens is 2. The molecule has 0 radical (unpaired) electrons. The van der Waals surface area contributed by atoms with Gasteiger partial charge in [0.2, 0.25) is 0 Å². The van der Waals surface area contributed by atoms with Gasteiger partial charge in [-0.05, 0) is 31.5 Å². The standard InChI is InChI=1S/C19H26N4S/c1-2-9-22-10-6-11-23(13-12-22)18-14-20-15-19(21-18)24-16-17-7-4-3-5-8-17/h3-5,7-8,14-15H,2,6,9-13,16H2,1H3. The van der Waals surface area contributed by atoms with Crippen LogP contribution in [0.15, 0.2) is 47.8 Å². The lowest BCUT2D eigenvalue weighted by atomic mass is 10.2. The van der Waals surface area contributed by atoms with Crippen molar-refractivity contribution in [3.8, 4) is 0 Å². The fraction of sp³-hybridized carbons (Fsp3) is 0.474. The molecule has 1 fully saturated rings. The van der Waals surface area contributed by atoms with Crippen molar-refractivity contribution in [2.24, 2.45) is 0 Å². The van der Waals surface area contributed by atoms with Crippen LogP contribution in [0.25, 0.3) is 0 Å². The van der Waals surface area contributed by atoms with E-state index in [1.54, 1.807) is 11.8 Å². The minimum absolute atomic E-state index is 0.934. The van der Waals surface area contributed by atoms with Crippen molar-refractivity contribution < 1.29 is 0 Å². The Morgan fingerprint density at radius 1 is 1.04 bits per heavy atom. The highest BCUT2D eigenvalue weighted by atomic mass is 32.2. The van der Waals surface area contributed by atoms with Crippen LogP contribution in [0.1, 0.15) is 25.3 Å². The lowest BCUT2D eigenvalue weighted by molar-refractivity contribution is 0.294. The molecule has 0 aliphatic carbocycles. The van der Waals surface area contributed by atoms with Crippen LogP contribution >= 0.6 is 11.8 Å². The zero-order valence-electron chi connectivity index (χ0n) is 14.4. The van der Waals surface area contributed by atoms with Crippen molar-refractivity contribution in [2.45, 2.75) is 30.5 Å². The normalized spacial score (nSPS) is 16.1. The molecule has 0 spiro atoms. The zero-order chi connectivity index (χ0) is 16.6. The van der Waals surface area contributed by atoms with Crippen LogP contribution in [0.3, 0.4) is 0 Å². The third-order valence-corrected chi connectivity index (χ3v) is 5.25. The highest BCUT2D eigenvalue weighted by Gasteiger charge is 2.16. The number of hydrogen-bond donors (Lipinski definition) is 0. The van der Waals surface area contributed by atoms with Gasteiger partial charge in [-0.25, -0.2) is 4.98 Å². The number of benzene rings is 1. The van der Waals surface area contributed by atoms with Gasteiger partial charge in [-0.1, -0.05) is 37.3 Å². The fourth-order valence-electron chi connectivity index (χ4n) is 3.03. The van der Waals surface area contributed by atoms with Crippen LogP contribution in [-0.2, 0) is 5.75 Å². The van der Waals surface area contributed by atoms with Crippen LogP contribution in [-0.4, -0.2) is 47.6 Å². The van der Waals surface area contributed by atoms with Crippen molar-refractivity contribution in [1.29, 1.82) is 0 Å². The molecule has 1 saturated heterocycles. The summed E-state index contributed by atoms with van der Waals surface area (Å²) in [6.45, 7) is 7.88. The Morgan fingerprint density at radius 3 is 2.75 bits per heavy atom. The first-order valence-electron chi connectivity index (χ1n) is 8.81. The van der Waals surface area contributed by atoms with E-state index in [1.807, 2.05) is 12.4 Å². The van der Waals surface area contributed by atoms with Gasteiger partial charge >= 0.3 is 0 Å². The van der Waals surface area contributed by atoms with E-state index in [0.717, 1.165) is 36.2 Å². The second-order valence-corrected chi connectivity index (χ2v) is 7.17. The van der Waals surface area contributed by atoms with E-state index in [9.17, 15) is 0 Å². The number of hydrogen-bond acceptors (Lipinski definition) is 5. The largest absolute Gasteiger partial charge is 0.354 e. The molecule has 0 bridgehead atoms. The van der Waals surface area contributed by atoms with E-state index < -0.39 is 0 Å². The molecule has 3 rings (SSSR count). The predicted octanol–water partition coefficient (Wildman–Crippen LogP) is 3.69. The lowest BCUT2D eigenvalue weighted by Crippen LogP contribution is -2.31. The maximum Gasteiger partial charge on any atom is 0.148 e. The monoisotopic (exact) mass is 342 g/mol. The summed E-state index contributed by atoms with van der Waals surface area (Å²) in [4.78, 5) is 14.2. The van der Waals surface area contributed by atoms with E-state index in [-0.39, 0.29) is 0 Å².